The first kappa shape index (κ1) is 12.9. The van der Waals surface area contributed by atoms with Crippen LogP contribution in [0.3, 0.4) is 0 Å². The van der Waals surface area contributed by atoms with Crippen molar-refractivity contribution in [1.29, 1.82) is 0 Å². The van der Waals surface area contributed by atoms with E-state index in [1.165, 1.54) is 18.6 Å². The van der Waals surface area contributed by atoms with E-state index in [-0.39, 0.29) is 5.82 Å². The Kier molecular flexibility index (Phi) is 4.83. The van der Waals surface area contributed by atoms with Crippen LogP contribution in [0.15, 0.2) is 29.2 Å². The number of benzene rings is 1. The summed E-state index contributed by atoms with van der Waals surface area (Å²) in [6, 6.07) is 7.41. The van der Waals surface area contributed by atoms with Crippen LogP contribution in [-0.4, -0.2) is 43.4 Å². The van der Waals surface area contributed by atoms with Crippen molar-refractivity contribution < 1.29 is 4.39 Å². The largest absolute Gasteiger partial charge is 0.315 e. The van der Waals surface area contributed by atoms with E-state index in [0.717, 1.165) is 30.3 Å². The molecule has 1 unspecified atom stereocenters. The third-order valence-corrected chi connectivity index (χ3v) is 4.18. The zero-order chi connectivity index (χ0) is 12.1. The maximum Gasteiger partial charge on any atom is 0.123 e. The number of nitrogens with zero attached hydrogens (tertiary/aromatic N) is 1. The highest BCUT2D eigenvalue weighted by Crippen LogP contribution is 2.18. The summed E-state index contributed by atoms with van der Waals surface area (Å²) >= 11 is 1.79. The van der Waals surface area contributed by atoms with Gasteiger partial charge in [0, 0.05) is 29.8 Å². The average molecular weight is 254 g/mol. The predicted molar refractivity (Wildman–Crippen MR) is 71.0 cm³/mol. The van der Waals surface area contributed by atoms with Crippen LogP contribution in [0.2, 0.25) is 0 Å². The molecule has 1 saturated heterocycles. The van der Waals surface area contributed by atoms with E-state index in [9.17, 15) is 4.39 Å². The minimum absolute atomic E-state index is 0.163. The lowest BCUT2D eigenvalue weighted by Gasteiger charge is -2.22. The standard InChI is InChI=1S/C13H19FN2S/c1-16(12-6-7-15-10-12)8-9-17-13-4-2-11(14)3-5-13/h2-5,12,15H,6-10H2,1H3. The van der Waals surface area contributed by atoms with E-state index in [4.69, 9.17) is 0 Å². The van der Waals surface area contributed by atoms with Gasteiger partial charge in [0.25, 0.3) is 0 Å². The summed E-state index contributed by atoms with van der Waals surface area (Å²) in [7, 11) is 2.18. The van der Waals surface area contributed by atoms with Crippen LogP contribution in [0.25, 0.3) is 0 Å². The van der Waals surface area contributed by atoms with Crippen molar-refractivity contribution in [3.63, 3.8) is 0 Å². The van der Waals surface area contributed by atoms with Crippen LogP contribution < -0.4 is 5.32 Å². The van der Waals surface area contributed by atoms with Crippen molar-refractivity contribution in [3.05, 3.63) is 30.1 Å². The van der Waals surface area contributed by atoms with E-state index < -0.39 is 0 Å². The highest BCUT2D eigenvalue weighted by Gasteiger charge is 2.18. The number of thioether (sulfide) groups is 1. The van der Waals surface area contributed by atoms with Crippen molar-refractivity contribution in [1.82, 2.24) is 10.2 Å². The topological polar surface area (TPSA) is 15.3 Å². The van der Waals surface area contributed by atoms with Crippen molar-refractivity contribution in [2.75, 3.05) is 32.4 Å². The molecule has 0 aliphatic carbocycles. The number of halogens is 1. The van der Waals surface area contributed by atoms with Gasteiger partial charge in [-0.1, -0.05) is 0 Å². The molecular weight excluding hydrogens is 235 g/mol. The number of hydrogen-bond donors (Lipinski definition) is 1. The van der Waals surface area contributed by atoms with Gasteiger partial charge in [0.1, 0.15) is 5.82 Å². The molecule has 0 spiro atoms. The van der Waals surface area contributed by atoms with E-state index in [2.05, 4.69) is 17.3 Å². The molecule has 94 valence electrons. The van der Waals surface area contributed by atoms with Crippen molar-refractivity contribution >= 4 is 11.8 Å². The van der Waals surface area contributed by atoms with E-state index in [1.807, 2.05) is 12.1 Å². The Morgan fingerprint density at radius 2 is 2.18 bits per heavy atom. The summed E-state index contributed by atoms with van der Waals surface area (Å²) in [5, 5.41) is 3.38. The second-order valence-corrected chi connectivity index (χ2v) is 5.60. The quantitative estimate of drug-likeness (QED) is 0.811. The lowest BCUT2D eigenvalue weighted by atomic mass is 10.2. The Morgan fingerprint density at radius 1 is 1.41 bits per heavy atom. The number of likely N-dealkylation sites (N-methyl/N-ethyl adjacent to an activating group) is 1. The molecule has 1 atom stereocenters. The first-order valence-corrected chi connectivity index (χ1v) is 7.03. The van der Waals surface area contributed by atoms with E-state index in [0.29, 0.717) is 6.04 Å². The van der Waals surface area contributed by atoms with Gasteiger partial charge in [-0.25, -0.2) is 4.39 Å². The van der Waals surface area contributed by atoms with Gasteiger partial charge >= 0.3 is 0 Å². The summed E-state index contributed by atoms with van der Waals surface area (Å²) in [5.41, 5.74) is 0. The van der Waals surface area contributed by atoms with Crippen molar-refractivity contribution in [3.8, 4) is 0 Å². The maximum atomic E-state index is 12.7. The van der Waals surface area contributed by atoms with Crippen molar-refractivity contribution in [2.24, 2.45) is 0 Å². The molecule has 1 aromatic rings. The summed E-state index contributed by atoms with van der Waals surface area (Å²) in [6.07, 6.45) is 1.25. The van der Waals surface area contributed by atoms with Crippen LogP contribution in [0.4, 0.5) is 4.39 Å². The molecule has 0 aromatic heterocycles. The summed E-state index contributed by atoms with van der Waals surface area (Å²) in [5.74, 6) is 0.891. The molecule has 2 rings (SSSR count). The Hall–Kier alpha value is -0.580. The van der Waals surface area contributed by atoms with E-state index in [1.54, 1.807) is 11.8 Å². The Balaban J connectivity index is 1.70. The molecule has 0 bridgehead atoms. The normalized spacial score (nSPS) is 20.1. The molecular formula is C13H19FN2S. The third kappa shape index (κ3) is 3.98. The molecule has 0 radical (unpaired) electrons. The molecule has 1 fully saturated rings. The average Bonchev–Trinajstić information content (AvgIpc) is 2.85. The zero-order valence-electron chi connectivity index (χ0n) is 10.2. The van der Waals surface area contributed by atoms with Gasteiger partial charge in [0.2, 0.25) is 0 Å². The molecule has 1 aromatic carbocycles. The molecule has 2 nitrogen and oxygen atoms in total. The Morgan fingerprint density at radius 3 is 2.82 bits per heavy atom. The van der Waals surface area contributed by atoms with Gasteiger partial charge in [-0.15, -0.1) is 11.8 Å². The highest BCUT2D eigenvalue weighted by atomic mass is 32.2. The zero-order valence-corrected chi connectivity index (χ0v) is 11.0. The molecule has 17 heavy (non-hydrogen) atoms. The van der Waals surface area contributed by atoms with Gasteiger partial charge in [-0.2, -0.15) is 0 Å². The van der Waals surface area contributed by atoms with Gasteiger partial charge in [0.05, 0.1) is 0 Å². The van der Waals surface area contributed by atoms with Crippen LogP contribution in [0.5, 0.6) is 0 Å². The van der Waals surface area contributed by atoms with E-state index >= 15 is 0 Å². The molecule has 0 saturated carbocycles. The number of rotatable bonds is 5. The first-order valence-electron chi connectivity index (χ1n) is 6.05. The maximum absolute atomic E-state index is 12.7. The number of hydrogen-bond acceptors (Lipinski definition) is 3. The smallest absolute Gasteiger partial charge is 0.123 e. The van der Waals surface area contributed by atoms with Crippen LogP contribution >= 0.6 is 11.8 Å². The second-order valence-electron chi connectivity index (χ2n) is 4.43. The summed E-state index contributed by atoms with van der Waals surface area (Å²) in [6.45, 7) is 3.33. The van der Waals surface area contributed by atoms with Gasteiger partial charge in [-0.3, -0.25) is 0 Å². The van der Waals surface area contributed by atoms with Gasteiger partial charge in [-0.05, 0) is 44.3 Å². The van der Waals surface area contributed by atoms with Crippen LogP contribution in [0.1, 0.15) is 6.42 Å². The molecule has 1 heterocycles. The van der Waals surface area contributed by atoms with Crippen LogP contribution in [-0.2, 0) is 0 Å². The minimum Gasteiger partial charge on any atom is -0.315 e. The first-order chi connectivity index (χ1) is 8.25. The third-order valence-electron chi connectivity index (χ3n) is 3.18. The molecule has 4 heteroatoms. The van der Waals surface area contributed by atoms with Crippen molar-refractivity contribution in [2.45, 2.75) is 17.4 Å². The second kappa shape index (κ2) is 6.38. The van der Waals surface area contributed by atoms with Crippen LogP contribution in [0, 0.1) is 5.82 Å². The summed E-state index contributed by atoms with van der Waals surface area (Å²) in [4.78, 5) is 3.56. The number of nitrogens with one attached hydrogen (secondary N) is 1. The van der Waals surface area contributed by atoms with Gasteiger partial charge in [0.15, 0.2) is 0 Å². The monoisotopic (exact) mass is 254 g/mol. The Labute approximate surface area is 107 Å². The molecule has 1 aliphatic heterocycles. The minimum atomic E-state index is -0.163. The molecule has 1 N–H and O–H groups in total. The fraction of sp³-hybridized carbons (Fsp3) is 0.538. The summed E-state index contributed by atoms with van der Waals surface area (Å²) < 4.78 is 12.7. The predicted octanol–water partition coefficient (Wildman–Crippen LogP) is 2.21. The fourth-order valence-corrected chi connectivity index (χ4v) is 2.98. The fourth-order valence-electron chi connectivity index (χ4n) is 2.04. The van der Waals surface area contributed by atoms with Gasteiger partial charge < -0.3 is 10.2 Å². The Bertz CT molecular complexity index is 336. The lowest BCUT2D eigenvalue weighted by molar-refractivity contribution is 0.273. The highest BCUT2D eigenvalue weighted by molar-refractivity contribution is 7.99. The molecule has 1 aliphatic rings. The molecule has 0 amide bonds. The lowest BCUT2D eigenvalue weighted by Crippen LogP contribution is -2.34. The SMILES string of the molecule is CN(CCSc1ccc(F)cc1)C1CCNC1.